The van der Waals surface area contributed by atoms with E-state index in [9.17, 15) is 17.6 Å². The van der Waals surface area contributed by atoms with Gasteiger partial charge in [-0.15, -0.1) is 0 Å². The lowest BCUT2D eigenvalue weighted by Gasteiger charge is -2.18. The number of ketones is 1. The molecule has 3 aromatic carbocycles. The van der Waals surface area contributed by atoms with Gasteiger partial charge in [0.2, 0.25) is 0 Å². The summed E-state index contributed by atoms with van der Waals surface area (Å²) in [5.41, 5.74) is 0.836. The van der Waals surface area contributed by atoms with Crippen LogP contribution < -0.4 is 0 Å². The fraction of sp³-hybridized carbons (Fsp3) is 0.0952. The van der Waals surface area contributed by atoms with Gasteiger partial charge in [-0.1, -0.05) is 48.5 Å². The summed E-state index contributed by atoms with van der Waals surface area (Å²) in [5, 5.41) is -1.01. The van der Waals surface area contributed by atoms with Gasteiger partial charge < -0.3 is 0 Å². The molecule has 1 atom stereocenters. The van der Waals surface area contributed by atoms with Crippen molar-refractivity contribution in [3.63, 3.8) is 0 Å². The lowest BCUT2D eigenvalue weighted by molar-refractivity contribution is 0.0980. The molecule has 5 heteroatoms. The highest BCUT2D eigenvalue weighted by Crippen LogP contribution is 2.32. The van der Waals surface area contributed by atoms with E-state index in [4.69, 9.17) is 0 Å². The molecular weight excluding hydrogens is 351 g/mol. The van der Waals surface area contributed by atoms with Crippen LogP contribution in [0.4, 0.5) is 4.39 Å². The second-order valence-electron chi connectivity index (χ2n) is 5.89. The van der Waals surface area contributed by atoms with Crippen LogP contribution in [-0.4, -0.2) is 14.2 Å². The Morgan fingerprint density at radius 2 is 1.35 bits per heavy atom. The molecule has 0 fully saturated rings. The molecule has 3 nitrogen and oxygen atoms in total. The van der Waals surface area contributed by atoms with Gasteiger partial charge in [-0.25, -0.2) is 12.8 Å². The molecule has 0 aliphatic carbocycles. The van der Waals surface area contributed by atoms with Crippen LogP contribution in [0, 0.1) is 5.82 Å². The zero-order chi connectivity index (χ0) is 18.6. The third kappa shape index (κ3) is 3.89. The van der Waals surface area contributed by atoms with Crippen LogP contribution >= 0.6 is 0 Å². The minimum atomic E-state index is -3.76. The highest BCUT2D eigenvalue weighted by atomic mass is 32.2. The predicted molar refractivity (Wildman–Crippen MR) is 98.2 cm³/mol. The fourth-order valence-electron chi connectivity index (χ4n) is 2.77. The average molecular weight is 368 g/mol. The maximum Gasteiger partial charge on any atom is 0.185 e. The van der Waals surface area contributed by atoms with Gasteiger partial charge in [0.25, 0.3) is 0 Å². The Labute approximate surface area is 152 Å². The molecule has 3 aromatic rings. The second kappa shape index (κ2) is 7.62. The van der Waals surface area contributed by atoms with E-state index in [1.165, 1.54) is 36.4 Å². The van der Waals surface area contributed by atoms with E-state index >= 15 is 0 Å². The van der Waals surface area contributed by atoms with Crippen molar-refractivity contribution < 1.29 is 17.6 Å². The summed E-state index contributed by atoms with van der Waals surface area (Å²) in [6, 6.07) is 21.9. The van der Waals surface area contributed by atoms with Crippen molar-refractivity contribution >= 4 is 15.6 Å². The summed E-state index contributed by atoms with van der Waals surface area (Å²) in [6.45, 7) is 0. The zero-order valence-electron chi connectivity index (χ0n) is 13.9. The number of carbonyl (C=O) groups excluding carboxylic acids is 1. The van der Waals surface area contributed by atoms with Crippen molar-refractivity contribution in [1.82, 2.24) is 0 Å². The van der Waals surface area contributed by atoms with Crippen molar-refractivity contribution in [2.75, 3.05) is 0 Å². The largest absolute Gasteiger partial charge is 0.294 e. The summed E-state index contributed by atoms with van der Waals surface area (Å²) in [5.74, 6) is -0.795. The van der Waals surface area contributed by atoms with E-state index in [-0.39, 0.29) is 22.7 Å². The van der Waals surface area contributed by atoms with E-state index in [1.54, 1.807) is 48.5 Å². The molecule has 132 valence electrons. The van der Waals surface area contributed by atoms with Gasteiger partial charge in [-0.2, -0.15) is 0 Å². The first kappa shape index (κ1) is 18.0. The van der Waals surface area contributed by atoms with Crippen LogP contribution in [0.15, 0.2) is 89.8 Å². The summed E-state index contributed by atoms with van der Waals surface area (Å²) in [6.07, 6.45) is -0.215. The number of Topliss-reactive ketones (excluding diaryl/α,β-unsaturated/α-hetero) is 1. The molecule has 0 aromatic heterocycles. The minimum absolute atomic E-state index is 0.167. The van der Waals surface area contributed by atoms with Gasteiger partial charge in [0.05, 0.1) is 10.1 Å². The first-order valence-corrected chi connectivity index (χ1v) is 9.66. The van der Waals surface area contributed by atoms with Crippen LogP contribution in [0.2, 0.25) is 0 Å². The lowest BCUT2D eigenvalue weighted by Crippen LogP contribution is -2.18. The molecule has 0 N–H and O–H groups in total. The molecular formula is C21H17FO3S. The Bertz CT molecular complexity index is 982. The molecule has 0 saturated heterocycles. The van der Waals surface area contributed by atoms with Gasteiger partial charge in [0.15, 0.2) is 15.6 Å². The van der Waals surface area contributed by atoms with Gasteiger partial charge in [0.1, 0.15) is 5.82 Å². The molecule has 0 aliphatic heterocycles. The zero-order valence-corrected chi connectivity index (χ0v) is 14.7. The Balaban J connectivity index is 1.99. The van der Waals surface area contributed by atoms with Crippen molar-refractivity contribution in [3.8, 4) is 0 Å². The van der Waals surface area contributed by atoms with Crippen LogP contribution in [0.3, 0.4) is 0 Å². The van der Waals surface area contributed by atoms with E-state index in [0.29, 0.717) is 5.56 Å². The van der Waals surface area contributed by atoms with E-state index < -0.39 is 20.9 Å². The smallest absolute Gasteiger partial charge is 0.185 e. The number of hydrogen-bond donors (Lipinski definition) is 0. The Hall–Kier alpha value is -2.79. The van der Waals surface area contributed by atoms with E-state index in [2.05, 4.69) is 0 Å². The number of hydrogen-bond acceptors (Lipinski definition) is 3. The number of carbonyl (C=O) groups is 1. The fourth-order valence-corrected chi connectivity index (χ4v) is 4.52. The standard InChI is InChI=1S/C21H17FO3S/c22-18-13-11-16(12-14-18)20(23)15-21(17-7-3-1-4-8-17)26(24,25)19-9-5-2-6-10-19/h1-14,21H,15H2. The maximum absolute atomic E-state index is 13.1. The number of sulfone groups is 1. The minimum Gasteiger partial charge on any atom is -0.294 e. The first-order valence-electron chi connectivity index (χ1n) is 8.11. The average Bonchev–Trinajstić information content (AvgIpc) is 2.67. The van der Waals surface area contributed by atoms with Crippen molar-refractivity contribution in [3.05, 3.63) is 102 Å². The van der Waals surface area contributed by atoms with E-state index in [1.807, 2.05) is 0 Å². The topological polar surface area (TPSA) is 51.2 Å². The van der Waals surface area contributed by atoms with Gasteiger partial charge >= 0.3 is 0 Å². The molecule has 1 unspecified atom stereocenters. The highest BCUT2D eigenvalue weighted by Gasteiger charge is 2.31. The van der Waals surface area contributed by atoms with Crippen LogP contribution in [0.25, 0.3) is 0 Å². The van der Waals surface area contributed by atoms with Crippen molar-refractivity contribution in [2.45, 2.75) is 16.6 Å². The molecule has 0 aliphatic rings. The number of halogens is 1. The summed E-state index contributed by atoms with van der Waals surface area (Å²) >= 11 is 0. The second-order valence-corrected chi connectivity index (χ2v) is 8.02. The molecule has 26 heavy (non-hydrogen) atoms. The SMILES string of the molecule is O=C(CC(c1ccccc1)S(=O)(=O)c1ccccc1)c1ccc(F)cc1. The van der Waals surface area contributed by atoms with Crippen LogP contribution in [0.5, 0.6) is 0 Å². The van der Waals surface area contributed by atoms with Gasteiger partial charge in [-0.05, 0) is 42.0 Å². The third-order valence-corrected chi connectivity index (χ3v) is 6.27. The molecule has 0 bridgehead atoms. The molecule has 0 amide bonds. The Morgan fingerprint density at radius 3 is 1.92 bits per heavy atom. The molecule has 0 saturated carbocycles. The summed E-state index contributed by atoms with van der Waals surface area (Å²) in [4.78, 5) is 12.8. The lowest BCUT2D eigenvalue weighted by atomic mass is 10.0. The molecule has 0 heterocycles. The van der Waals surface area contributed by atoms with Crippen LogP contribution in [-0.2, 0) is 9.84 Å². The molecule has 0 radical (unpaired) electrons. The summed E-state index contributed by atoms with van der Waals surface area (Å²) < 4.78 is 39.4. The van der Waals surface area contributed by atoms with Crippen molar-refractivity contribution in [2.24, 2.45) is 0 Å². The number of rotatable bonds is 6. The first-order chi connectivity index (χ1) is 12.5. The van der Waals surface area contributed by atoms with E-state index in [0.717, 1.165) is 0 Å². The quantitative estimate of drug-likeness (QED) is 0.597. The normalized spacial score (nSPS) is 12.5. The predicted octanol–water partition coefficient (Wildman–Crippen LogP) is 4.61. The number of benzene rings is 3. The molecule has 3 rings (SSSR count). The molecule has 0 spiro atoms. The maximum atomic E-state index is 13.1. The Kier molecular flexibility index (Phi) is 5.28. The highest BCUT2D eigenvalue weighted by molar-refractivity contribution is 7.91. The monoisotopic (exact) mass is 368 g/mol. The van der Waals surface area contributed by atoms with Crippen molar-refractivity contribution in [1.29, 1.82) is 0 Å². The third-order valence-electron chi connectivity index (χ3n) is 4.15. The summed E-state index contributed by atoms with van der Waals surface area (Å²) in [7, 11) is -3.76. The van der Waals surface area contributed by atoms with Crippen LogP contribution in [0.1, 0.15) is 27.6 Å². The van der Waals surface area contributed by atoms with Gasteiger partial charge in [-0.3, -0.25) is 4.79 Å². The van der Waals surface area contributed by atoms with Gasteiger partial charge in [0, 0.05) is 12.0 Å². The Morgan fingerprint density at radius 1 is 0.808 bits per heavy atom.